The zero-order chi connectivity index (χ0) is 17.5. The first-order valence-electron chi connectivity index (χ1n) is 8.65. The molecule has 0 atom stereocenters. The Hall–Kier alpha value is -2.67. The molecule has 0 radical (unpaired) electrons. The number of unbranched alkanes of at least 4 members (excludes halogenated alkanes) is 3. The van der Waals surface area contributed by atoms with Crippen molar-refractivity contribution in [1.82, 2.24) is 19.9 Å². The predicted molar refractivity (Wildman–Crippen MR) is 98.1 cm³/mol. The third-order valence-electron chi connectivity index (χ3n) is 4.00. The van der Waals surface area contributed by atoms with E-state index in [2.05, 4.69) is 19.9 Å². The Morgan fingerprint density at radius 3 is 2.56 bits per heavy atom. The fraction of sp³-hybridized carbons (Fsp3) is 0.389. The maximum absolute atomic E-state index is 5.78. The first-order valence-corrected chi connectivity index (χ1v) is 8.65. The predicted octanol–water partition coefficient (Wildman–Crippen LogP) is 2.58. The van der Waals surface area contributed by atoms with Crippen molar-refractivity contribution in [3.05, 3.63) is 41.6 Å². The molecular weight excluding hydrogens is 316 g/mol. The van der Waals surface area contributed by atoms with Gasteiger partial charge in [0.15, 0.2) is 11.6 Å². The molecule has 0 saturated heterocycles. The highest BCUT2D eigenvalue weighted by Gasteiger charge is 2.12. The molecule has 5 N–H and O–H groups in total. The molecule has 0 spiro atoms. The van der Waals surface area contributed by atoms with Crippen LogP contribution in [0.2, 0.25) is 0 Å². The molecule has 0 aliphatic rings. The number of aromatic amines is 1. The van der Waals surface area contributed by atoms with Gasteiger partial charge in [-0.15, -0.1) is 0 Å². The van der Waals surface area contributed by atoms with Crippen LogP contribution >= 0.6 is 0 Å². The Morgan fingerprint density at radius 1 is 0.960 bits per heavy atom. The lowest BCUT2D eigenvalue weighted by Crippen LogP contribution is -2.03. The number of aromatic nitrogens is 4. The van der Waals surface area contributed by atoms with Crippen LogP contribution in [0.1, 0.15) is 36.9 Å². The summed E-state index contributed by atoms with van der Waals surface area (Å²) in [6.07, 6.45) is 5.16. The monoisotopic (exact) mass is 340 g/mol. The average molecular weight is 340 g/mol. The van der Waals surface area contributed by atoms with Gasteiger partial charge in [-0.05, 0) is 31.4 Å². The van der Waals surface area contributed by atoms with Gasteiger partial charge in [0.2, 0.25) is 0 Å². The van der Waals surface area contributed by atoms with Crippen LogP contribution in [0.25, 0.3) is 11.2 Å². The van der Waals surface area contributed by atoms with Gasteiger partial charge in [0.1, 0.15) is 12.1 Å². The molecule has 132 valence electrons. The first-order chi connectivity index (χ1) is 12.3. The molecule has 25 heavy (non-hydrogen) atoms. The highest BCUT2D eigenvalue weighted by Crippen LogP contribution is 2.20. The lowest BCUT2D eigenvalue weighted by atomic mass is 10.1. The Labute approximate surface area is 146 Å². The molecule has 0 aliphatic heterocycles. The lowest BCUT2D eigenvalue weighted by molar-refractivity contribution is 0.281. The van der Waals surface area contributed by atoms with E-state index in [0.717, 1.165) is 55.4 Å². The molecule has 1 aromatic carbocycles. The average Bonchev–Trinajstić information content (AvgIpc) is 3.01. The van der Waals surface area contributed by atoms with Gasteiger partial charge in [-0.3, -0.25) is 0 Å². The highest BCUT2D eigenvalue weighted by molar-refractivity contribution is 5.75. The van der Waals surface area contributed by atoms with Crippen molar-refractivity contribution in [2.75, 3.05) is 12.3 Å². The van der Waals surface area contributed by atoms with Crippen LogP contribution in [0, 0.1) is 0 Å². The van der Waals surface area contributed by atoms with Gasteiger partial charge in [0.25, 0.3) is 0 Å². The largest absolute Gasteiger partial charge is 0.459 e. The quantitative estimate of drug-likeness (QED) is 0.516. The summed E-state index contributed by atoms with van der Waals surface area (Å²) in [6.45, 7) is 1.16. The van der Waals surface area contributed by atoms with E-state index in [1.54, 1.807) is 0 Å². The molecule has 2 aromatic heterocycles. The normalized spacial score (nSPS) is 11.1. The zero-order valence-corrected chi connectivity index (χ0v) is 14.2. The summed E-state index contributed by atoms with van der Waals surface area (Å²) in [5.41, 5.74) is 14.6. The van der Waals surface area contributed by atoms with Crippen molar-refractivity contribution in [3.8, 4) is 6.01 Å². The fourth-order valence-corrected chi connectivity index (χ4v) is 2.71. The summed E-state index contributed by atoms with van der Waals surface area (Å²) in [5.74, 6) is 0.342. The zero-order valence-electron chi connectivity index (χ0n) is 14.2. The summed E-state index contributed by atoms with van der Waals surface area (Å²) < 4.78 is 5.76. The highest BCUT2D eigenvalue weighted by atomic mass is 16.5. The number of nitrogen functional groups attached to an aromatic ring is 1. The van der Waals surface area contributed by atoms with Crippen LogP contribution in [-0.4, -0.2) is 26.5 Å². The van der Waals surface area contributed by atoms with Crippen LogP contribution in [0.5, 0.6) is 6.01 Å². The molecule has 3 rings (SSSR count). The van der Waals surface area contributed by atoms with E-state index in [-0.39, 0.29) is 0 Å². The Kier molecular flexibility index (Phi) is 5.79. The number of fused-ring (bicyclic) bond motifs is 1. The molecule has 7 nitrogen and oxygen atoms in total. The van der Waals surface area contributed by atoms with Crippen molar-refractivity contribution < 1.29 is 4.74 Å². The standard InChI is InChI=1S/C18H24N6O/c19-11-7-2-1-6-10-14-15-16(23-17(20)22-15)24-18(21-14)25-12-13-8-4-3-5-9-13/h3-5,8-9H,1-2,6-7,10-12,19H2,(H3,20,21,22,23,24). The first kappa shape index (κ1) is 17.2. The Morgan fingerprint density at radius 2 is 1.76 bits per heavy atom. The van der Waals surface area contributed by atoms with Gasteiger partial charge < -0.3 is 21.2 Å². The minimum Gasteiger partial charge on any atom is -0.459 e. The molecule has 2 heterocycles. The number of hydrogen-bond acceptors (Lipinski definition) is 6. The summed E-state index contributed by atoms with van der Waals surface area (Å²) >= 11 is 0. The number of hydrogen-bond donors (Lipinski definition) is 3. The number of nitrogens with zero attached hydrogens (tertiary/aromatic N) is 3. The lowest BCUT2D eigenvalue weighted by Gasteiger charge is -2.07. The Balaban J connectivity index is 1.72. The van der Waals surface area contributed by atoms with E-state index in [9.17, 15) is 0 Å². The van der Waals surface area contributed by atoms with Crippen LogP contribution < -0.4 is 16.2 Å². The summed E-state index contributed by atoms with van der Waals surface area (Å²) in [6, 6.07) is 10.3. The summed E-state index contributed by atoms with van der Waals surface area (Å²) in [5, 5.41) is 0. The number of anilines is 1. The number of aryl methyl sites for hydroxylation is 1. The van der Waals surface area contributed by atoms with Gasteiger partial charge in [0.05, 0.1) is 5.69 Å². The number of nitrogens with two attached hydrogens (primary N) is 2. The topological polar surface area (TPSA) is 116 Å². The van der Waals surface area contributed by atoms with Crippen molar-refractivity contribution >= 4 is 17.1 Å². The second kappa shape index (κ2) is 8.43. The maximum atomic E-state index is 5.78. The smallest absolute Gasteiger partial charge is 0.319 e. The van der Waals surface area contributed by atoms with Gasteiger partial charge in [-0.2, -0.15) is 15.0 Å². The van der Waals surface area contributed by atoms with Crippen LogP contribution in [0.4, 0.5) is 5.95 Å². The van der Waals surface area contributed by atoms with Gasteiger partial charge in [0, 0.05) is 0 Å². The molecule has 7 heteroatoms. The van der Waals surface area contributed by atoms with Crippen LogP contribution in [0.15, 0.2) is 30.3 Å². The minimum absolute atomic E-state index is 0.333. The molecule has 0 fully saturated rings. The molecule has 0 bridgehead atoms. The number of rotatable bonds is 9. The van der Waals surface area contributed by atoms with Crippen molar-refractivity contribution in [2.24, 2.45) is 5.73 Å². The van der Waals surface area contributed by atoms with Crippen molar-refractivity contribution in [1.29, 1.82) is 0 Å². The van der Waals surface area contributed by atoms with E-state index < -0.39 is 0 Å². The molecular formula is C18H24N6O. The van der Waals surface area contributed by atoms with Gasteiger partial charge in [-0.1, -0.05) is 43.2 Å². The van der Waals surface area contributed by atoms with Crippen LogP contribution in [-0.2, 0) is 13.0 Å². The van der Waals surface area contributed by atoms with E-state index in [0.29, 0.717) is 24.2 Å². The summed E-state index contributed by atoms with van der Waals surface area (Å²) in [4.78, 5) is 16.2. The second-order valence-electron chi connectivity index (χ2n) is 6.00. The van der Waals surface area contributed by atoms with E-state index in [1.165, 1.54) is 0 Å². The van der Waals surface area contributed by atoms with Crippen LogP contribution in [0.3, 0.4) is 0 Å². The maximum Gasteiger partial charge on any atom is 0.319 e. The number of benzene rings is 1. The number of ether oxygens (including phenoxy) is 1. The molecule has 3 aromatic rings. The third-order valence-corrected chi connectivity index (χ3v) is 4.00. The van der Waals surface area contributed by atoms with Gasteiger partial charge >= 0.3 is 6.01 Å². The summed E-state index contributed by atoms with van der Waals surface area (Å²) in [7, 11) is 0. The SMILES string of the molecule is NCCCCCCc1nc(OCc2ccccc2)nc2nc(N)[nH]c12. The van der Waals surface area contributed by atoms with Crippen molar-refractivity contribution in [2.45, 2.75) is 38.7 Å². The molecule has 0 aliphatic carbocycles. The fourth-order valence-electron chi connectivity index (χ4n) is 2.71. The van der Waals surface area contributed by atoms with E-state index >= 15 is 0 Å². The number of H-pyrrole nitrogens is 1. The molecule has 0 saturated carbocycles. The Bertz CT molecular complexity index is 802. The number of nitrogens with one attached hydrogen (secondary N) is 1. The number of imidazole rings is 1. The molecule has 0 amide bonds. The third kappa shape index (κ3) is 4.67. The van der Waals surface area contributed by atoms with E-state index in [1.807, 2.05) is 30.3 Å². The minimum atomic E-state index is 0.333. The van der Waals surface area contributed by atoms with Gasteiger partial charge in [-0.25, -0.2) is 0 Å². The molecule has 0 unspecified atom stereocenters. The second-order valence-corrected chi connectivity index (χ2v) is 6.00. The van der Waals surface area contributed by atoms with E-state index in [4.69, 9.17) is 16.2 Å². The van der Waals surface area contributed by atoms with Crippen molar-refractivity contribution in [3.63, 3.8) is 0 Å².